The Morgan fingerprint density at radius 2 is 1.50 bits per heavy atom. The van der Waals surface area contributed by atoms with Crippen LogP contribution in [-0.4, -0.2) is 13.3 Å². The molecule has 0 spiro atoms. The van der Waals surface area contributed by atoms with Gasteiger partial charge in [0, 0.05) is 13.3 Å². The van der Waals surface area contributed by atoms with Gasteiger partial charge in [-0.15, -0.1) is 0 Å². The molecule has 0 fully saturated rings. The van der Waals surface area contributed by atoms with Crippen molar-refractivity contribution in [3.63, 3.8) is 0 Å². The first-order valence-corrected chi connectivity index (χ1v) is 5.91. The molecule has 0 aliphatic carbocycles. The lowest BCUT2D eigenvalue weighted by atomic mass is 10.2. The van der Waals surface area contributed by atoms with Crippen molar-refractivity contribution in [1.29, 1.82) is 0 Å². The maximum atomic E-state index is 4.33. The van der Waals surface area contributed by atoms with E-state index in [-0.39, 0.29) is 0 Å². The number of para-hydroxylation sites is 1. The molecule has 0 radical (unpaired) electrons. The van der Waals surface area contributed by atoms with Crippen molar-refractivity contribution < 1.29 is 0 Å². The van der Waals surface area contributed by atoms with E-state index in [4.69, 9.17) is 0 Å². The highest BCUT2D eigenvalue weighted by atomic mass is 15.4. The lowest BCUT2D eigenvalue weighted by Crippen LogP contribution is -2.07. The second-order valence-corrected chi connectivity index (χ2v) is 3.89. The third-order valence-corrected chi connectivity index (χ3v) is 2.54. The van der Waals surface area contributed by atoms with Gasteiger partial charge in [0.15, 0.2) is 0 Å². The average molecular weight is 236 g/mol. The molecule has 90 valence electrons. The largest absolute Gasteiger partial charge is 0.269 e. The fraction of sp³-hybridized carbons (Fsp3) is 0.0625. The Morgan fingerprint density at radius 1 is 0.889 bits per heavy atom. The molecule has 0 bridgehead atoms. The van der Waals surface area contributed by atoms with Crippen LogP contribution in [0.5, 0.6) is 0 Å². The van der Waals surface area contributed by atoms with E-state index in [1.807, 2.05) is 72.7 Å². The van der Waals surface area contributed by atoms with Gasteiger partial charge >= 0.3 is 0 Å². The molecular formula is C16H16N2. The van der Waals surface area contributed by atoms with Gasteiger partial charge in [-0.2, -0.15) is 5.10 Å². The van der Waals surface area contributed by atoms with E-state index in [0.29, 0.717) is 0 Å². The standard InChI is InChI=1S/C16H16N2/c1-18(16-12-6-3-7-13-16)17-14-8-11-15-9-4-2-5-10-15/h2-14H,1H3/b11-8+,17-14+. The second-order valence-electron chi connectivity index (χ2n) is 3.89. The van der Waals surface area contributed by atoms with Gasteiger partial charge in [0.2, 0.25) is 0 Å². The highest BCUT2D eigenvalue weighted by Gasteiger charge is 1.93. The molecule has 0 amide bonds. The topological polar surface area (TPSA) is 15.6 Å². The summed E-state index contributed by atoms with van der Waals surface area (Å²) in [5, 5.41) is 6.17. The Morgan fingerprint density at radius 3 is 2.17 bits per heavy atom. The predicted octanol–water partition coefficient (Wildman–Crippen LogP) is 3.82. The molecule has 0 heterocycles. The SMILES string of the molecule is CN(/N=C/C=C/c1ccccc1)c1ccccc1. The van der Waals surface area contributed by atoms with Crippen LogP contribution in [0.2, 0.25) is 0 Å². The number of hydrogen-bond donors (Lipinski definition) is 0. The summed E-state index contributed by atoms with van der Waals surface area (Å²) in [7, 11) is 1.93. The maximum Gasteiger partial charge on any atom is 0.0590 e. The van der Waals surface area contributed by atoms with E-state index in [0.717, 1.165) is 5.69 Å². The summed E-state index contributed by atoms with van der Waals surface area (Å²) in [6.45, 7) is 0. The van der Waals surface area contributed by atoms with Crippen molar-refractivity contribution in [3.05, 3.63) is 72.3 Å². The Hall–Kier alpha value is -2.35. The van der Waals surface area contributed by atoms with Crippen LogP contribution in [0.15, 0.2) is 71.8 Å². The zero-order chi connectivity index (χ0) is 12.6. The lowest BCUT2D eigenvalue weighted by Gasteiger charge is -2.11. The van der Waals surface area contributed by atoms with Crippen molar-refractivity contribution in [2.75, 3.05) is 12.1 Å². The van der Waals surface area contributed by atoms with Crippen LogP contribution in [0.25, 0.3) is 6.08 Å². The average Bonchev–Trinajstić information content (AvgIpc) is 2.45. The summed E-state index contributed by atoms with van der Waals surface area (Å²) in [4.78, 5) is 0. The minimum absolute atomic E-state index is 1.07. The summed E-state index contributed by atoms with van der Waals surface area (Å²) in [6, 6.07) is 20.2. The number of hydrogen-bond acceptors (Lipinski definition) is 2. The van der Waals surface area contributed by atoms with Crippen molar-refractivity contribution in [1.82, 2.24) is 0 Å². The van der Waals surface area contributed by atoms with E-state index in [1.54, 1.807) is 6.21 Å². The quantitative estimate of drug-likeness (QED) is 0.582. The predicted molar refractivity (Wildman–Crippen MR) is 78.8 cm³/mol. The van der Waals surface area contributed by atoms with E-state index < -0.39 is 0 Å². The molecule has 0 aliphatic rings. The first kappa shape index (κ1) is 12.1. The maximum absolute atomic E-state index is 4.33. The van der Waals surface area contributed by atoms with Gasteiger partial charge in [0.25, 0.3) is 0 Å². The molecule has 18 heavy (non-hydrogen) atoms. The van der Waals surface area contributed by atoms with E-state index in [1.165, 1.54) is 5.56 Å². The minimum atomic E-state index is 1.07. The molecule has 0 aromatic heterocycles. The molecule has 2 aromatic rings. The number of rotatable bonds is 4. The number of benzene rings is 2. The van der Waals surface area contributed by atoms with Crippen LogP contribution in [-0.2, 0) is 0 Å². The minimum Gasteiger partial charge on any atom is -0.269 e. The smallest absolute Gasteiger partial charge is 0.0590 e. The molecule has 0 atom stereocenters. The lowest BCUT2D eigenvalue weighted by molar-refractivity contribution is 1.03. The molecule has 0 saturated heterocycles. The first-order chi connectivity index (χ1) is 8.86. The monoisotopic (exact) mass is 236 g/mol. The number of anilines is 1. The summed E-state index contributed by atoms with van der Waals surface area (Å²) < 4.78 is 0. The molecule has 2 rings (SSSR count). The molecule has 2 heteroatoms. The van der Waals surface area contributed by atoms with Crippen molar-refractivity contribution >= 4 is 18.0 Å². The highest BCUT2D eigenvalue weighted by molar-refractivity contribution is 5.78. The van der Waals surface area contributed by atoms with Gasteiger partial charge in [0.05, 0.1) is 5.69 Å². The summed E-state index contributed by atoms with van der Waals surface area (Å²) in [5.74, 6) is 0. The van der Waals surface area contributed by atoms with Crippen LogP contribution < -0.4 is 5.01 Å². The Bertz CT molecular complexity index is 515. The van der Waals surface area contributed by atoms with Crippen LogP contribution in [0.3, 0.4) is 0 Å². The van der Waals surface area contributed by atoms with Crippen molar-refractivity contribution in [2.24, 2.45) is 5.10 Å². The third kappa shape index (κ3) is 3.59. The Balaban J connectivity index is 1.94. The van der Waals surface area contributed by atoms with Crippen LogP contribution in [0.1, 0.15) is 5.56 Å². The molecule has 2 aromatic carbocycles. The fourth-order valence-corrected chi connectivity index (χ4v) is 1.57. The summed E-state index contributed by atoms with van der Waals surface area (Å²) in [5.41, 5.74) is 2.24. The van der Waals surface area contributed by atoms with E-state index in [2.05, 4.69) is 17.2 Å². The van der Waals surface area contributed by atoms with Gasteiger partial charge in [-0.05, 0) is 23.8 Å². The fourth-order valence-electron chi connectivity index (χ4n) is 1.57. The first-order valence-electron chi connectivity index (χ1n) is 5.91. The summed E-state index contributed by atoms with van der Waals surface area (Å²) >= 11 is 0. The van der Waals surface area contributed by atoms with E-state index >= 15 is 0 Å². The van der Waals surface area contributed by atoms with Crippen LogP contribution in [0, 0.1) is 0 Å². The second kappa shape index (κ2) is 6.40. The third-order valence-electron chi connectivity index (χ3n) is 2.54. The highest BCUT2D eigenvalue weighted by Crippen LogP contribution is 2.10. The molecule has 0 unspecified atom stereocenters. The molecule has 0 aliphatic heterocycles. The zero-order valence-corrected chi connectivity index (χ0v) is 10.4. The molecule has 0 N–H and O–H groups in total. The van der Waals surface area contributed by atoms with Gasteiger partial charge in [-0.1, -0.05) is 54.6 Å². The number of nitrogens with zero attached hydrogens (tertiary/aromatic N) is 2. The van der Waals surface area contributed by atoms with Crippen LogP contribution in [0.4, 0.5) is 5.69 Å². The van der Waals surface area contributed by atoms with Gasteiger partial charge in [-0.3, -0.25) is 5.01 Å². The van der Waals surface area contributed by atoms with Gasteiger partial charge in [-0.25, -0.2) is 0 Å². The molecular weight excluding hydrogens is 220 g/mol. The number of hydrazone groups is 1. The Kier molecular flexibility index (Phi) is 4.31. The van der Waals surface area contributed by atoms with E-state index in [9.17, 15) is 0 Å². The number of allylic oxidation sites excluding steroid dienone is 1. The van der Waals surface area contributed by atoms with Crippen LogP contribution >= 0.6 is 0 Å². The molecule has 2 nitrogen and oxygen atoms in total. The zero-order valence-electron chi connectivity index (χ0n) is 10.4. The Labute approximate surface area is 108 Å². The normalized spacial score (nSPS) is 11.2. The van der Waals surface area contributed by atoms with Gasteiger partial charge < -0.3 is 0 Å². The van der Waals surface area contributed by atoms with Gasteiger partial charge in [0.1, 0.15) is 0 Å². The van der Waals surface area contributed by atoms with Crippen molar-refractivity contribution in [3.8, 4) is 0 Å². The summed E-state index contributed by atoms with van der Waals surface area (Å²) in [6.07, 6.45) is 5.76. The van der Waals surface area contributed by atoms with Crippen molar-refractivity contribution in [2.45, 2.75) is 0 Å². The molecule has 0 saturated carbocycles.